The van der Waals surface area contributed by atoms with Gasteiger partial charge in [0.2, 0.25) is 5.82 Å². The number of nitrogens with zero attached hydrogens (tertiary/aromatic N) is 4. The molecule has 0 spiro atoms. The van der Waals surface area contributed by atoms with E-state index in [1.807, 2.05) is 0 Å². The van der Waals surface area contributed by atoms with Crippen molar-refractivity contribution < 1.29 is 9.45 Å². The third-order valence-electron chi connectivity index (χ3n) is 2.84. The topological polar surface area (TPSA) is 121 Å². The van der Waals surface area contributed by atoms with Crippen LogP contribution < -0.4 is 5.73 Å². The molecule has 0 aliphatic rings. The highest BCUT2D eigenvalue weighted by atomic mass is 32.1. The van der Waals surface area contributed by atoms with Gasteiger partial charge in [-0.25, -0.2) is 0 Å². The van der Waals surface area contributed by atoms with Crippen LogP contribution in [-0.4, -0.2) is 19.4 Å². The van der Waals surface area contributed by atoms with Crippen molar-refractivity contribution in [3.63, 3.8) is 0 Å². The van der Waals surface area contributed by atoms with E-state index in [0.717, 1.165) is 11.5 Å². The lowest BCUT2D eigenvalue weighted by molar-refractivity contribution is -0.384. The molecule has 2 heterocycles. The van der Waals surface area contributed by atoms with Crippen LogP contribution in [0.15, 0.2) is 28.8 Å². The average molecular weight is 303 g/mol. The van der Waals surface area contributed by atoms with Crippen molar-refractivity contribution >= 4 is 22.2 Å². The summed E-state index contributed by atoms with van der Waals surface area (Å²) < 4.78 is 9.29. The smallest absolute Gasteiger partial charge is 0.270 e. The highest BCUT2D eigenvalue weighted by Gasteiger charge is 2.19. The standard InChI is InChI=1S/C12H9N5O3S/c1-6-9(10(13)21-16-6)12-14-11(15-20-12)7-3-2-4-8(5-7)17(18)19/h2-5H,13H2,1H3. The van der Waals surface area contributed by atoms with E-state index in [9.17, 15) is 10.1 Å². The molecule has 0 bridgehead atoms. The number of anilines is 1. The van der Waals surface area contributed by atoms with Gasteiger partial charge in [0, 0.05) is 17.7 Å². The second kappa shape index (κ2) is 4.94. The molecule has 0 fully saturated rings. The van der Waals surface area contributed by atoms with Gasteiger partial charge in [-0.05, 0) is 18.5 Å². The van der Waals surface area contributed by atoms with Crippen LogP contribution in [-0.2, 0) is 0 Å². The molecule has 0 saturated heterocycles. The van der Waals surface area contributed by atoms with Gasteiger partial charge in [-0.3, -0.25) is 10.1 Å². The van der Waals surface area contributed by atoms with Crippen LogP contribution in [0.1, 0.15) is 5.69 Å². The first-order valence-corrected chi connectivity index (χ1v) is 6.64. The molecular formula is C12H9N5O3S. The van der Waals surface area contributed by atoms with Crippen molar-refractivity contribution in [1.82, 2.24) is 14.5 Å². The summed E-state index contributed by atoms with van der Waals surface area (Å²) in [6, 6.07) is 6.02. The minimum atomic E-state index is -0.477. The molecule has 0 saturated carbocycles. The molecule has 21 heavy (non-hydrogen) atoms. The molecule has 3 aromatic rings. The maximum absolute atomic E-state index is 10.8. The van der Waals surface area contributed by atoms with E-state index >= 15 is 0 Å². The van der Waals surface area contributed by atoms with Crippen molar-refractivity contribution in [3.05, 3.63) is 40.1 Å². The number of nitrogens with two attached hydrogens (primary N) is 1. The Balaban J connectivity index is 2.03. The van der Waals surface area contributed by atoms with E-state index < -0.39 is 4.92 Å². The molecule has 0 amide bonds. The van der Waals surface area contributed by atoms with E-state index in [1.54, 1.807) is 19.1 Å². The minimum Gasteiger partial charge on any atom is -0.389 e. The van der Waals surface area contributed by atoms with Crippen LogP contribution in [0.25, 0.3) is 22.8 Å². The van der Waals surface area contributed by atoms with Crippen molar-refractivity contribution in [2.45, 2.75) is 6.92 Å². The summed E-state index contributed by atoms with van der Waals surface area (Å²) in [4.78, 5) is 14.5. The fraction of sp³-hybridized carbons (Fsp3) is 0.0833. The first-order chi connectivity index (χ1) is 10.1. The first kappa shape index (κ1) is 13.2. The lowest BCUT2D eigenvalue weighted by atomic mass is 10.2. The van der Waals surface area contributed by atoms with Gasteiger partial charge in [0.25, 0.3) is 11.6 Å². The van der Waals surface area contributed by atoms with Crippen LogP contribution in [0.3, 0.4) is 0 Å². The van der Waals surface area contributed by atoms with Gasteiger partial charge < -0.3 is 10.3 Å². The number of non-ortho nitro benzene ring substituents is 1. The number of hydrogen-bond donors (Lipinski definition) is 1. The van der Waals surface area contributed by atoms with E-state index in [1.165, 1.54) is 12.1 Å². The molecule has 2 aromatic heterocycles. The van der Waals surface area contributed by atoms with E-state index in [0.29, 0.717) is 21.8 Å². The zero-order valence-corrected chi connectivity index (χ0v) is 11.6. The number of aryl methyl sites for hydroxylation is 1. The third-order valence-corrected chi connectivity index (χ3v) is 3.61. The monoisotopic (exact) mass is 303 g/mol. The van der Waals surface area contributed by atoms with E-state index in [2.05, 4.69) is 14.5 Å². The fourth-order valence-corrected chi connectivity index (χ4v) is 2.50. The van der Waals surface area contributed by atoms with Gasteiger partial charge in [-0.1, -0.05) is 17.3 Å². The van der Waals surface area contributed by atoms with E-state index in [4.69, 9.17) is 10.3 Å². The van der Waals surface area contributed by atoms with Gasteiger partial charge >= 0.3 is 0 Å². The van der Waals surface area contributed by atoms with Crippen LogP contribution in [0.4, 0.5) is 10.7 Å². The first-order valence-electron chi connectivity index (χ1n) is 5.87. The molecule has 8 nitrogen and oxygen atoms in total. The summed E-state index contributed by atoms with van der Waals surface area (Å²) in [5.74, 6) is 0.513. The molecule has 106 valence electrons. The Morgan fingerprint density at radius 1 is 1.43 bits per heavy atom. The molecule has 9 heteroatoms. The van der Waals surface area contributed by atoms with Crippen molar-refractivity contribution in [2.24, 2.45) is 0 Å². The number of nitro benzene ring substituents is 1. The lowest BCUT2D eigenvalue weighted by Crippen LogP contribution is -1.89. The Kier molecular flexibility index (Phi) is 3.10. The van der Waals surface area contributed by atoms with Gasteiger partial charge in [0.1, 0.15) is 5.00 Å². The second-order valence-corrected chi connectivity index (χ2v) is 5.04. The molecule has 0 aliphatic heterocycles. The Hall–Kier alpha value is -2.81. The fourth-order valence-electron chi connectivity index (χ4n) is 1.85. The minimum absolute atomic E-state index is 0.0354. The molecule has 0 radical (unpaired) electrons. The number of nitro groups is 1. The summed E-state index contributed by atoms with van der Waals surface area (Å²) in [5, 5.41) is 15.1. The van der Waals surface area contributed by atoms with Crippen molar-refractivity contribution in [2.75, 3.05) is 5.73 Å². The van der Waals surface area contributed by atoms with Crippen molar-refractivity contribution in [3.8, 4) is 22.8 Å². The highest BCUT2D eigenvalue weighted by molar-refractivity contribution is 7.10. The number of hydrogen-bond acceptors (Lipinski definition) is 8. The zero-order chi connectivity index (χ0) is 15.0. The SMILES string of the molecule is Cc1nsc(N)c1-c1nc(-c2cccc([N+](=O)[O-])c2)no1. The molecule has 3 rings (SSSR count). The third kappa shape index (κ3) is 2.34. The summed E-state index contributed by atoms with van der Waals surface area (Å²) >= 11 is 1.15. The second-order valence-electron chi connectivity index (χ2n) is 4.24. The van der Waals surface area contributed by atoms with E-state index in [-0.39, 0.29) is 17.4 Å². The summed E-state index contributed by atoms with van der Waals surface area (Å²) in [7, 11) is 0. The van der Waals surface area contributed by atoms with Gasteiger partial charge in [-0.15, -0.1) is 0 Å². The molecule has 0 aliphatic carbocycles. The normalized spacial score (nSPS) is 10.7. The van der Waals surface area contributed by atoms with Crippen LogP contribution in [0.2, 0.25) is 0 Å². The number of nitrogen functional groups attached to an aromatic ring is 1. The number of rotatable bonds is 3. The lowest BCUT2D eigenvalue weighted by Gasteiger charge is -1.94. The highest BCUT2D eigenvalue weighted by Crippen LogP contribution is 2.32. The Morgan fingerprint density at radius 2 is 2.24 bits per heavy atom. The van der Waals surface area contributed by atoms with Crippen molar-refractivity contribution in [1.29, 1.82) is 0 Å². The summed E-state index contributed by atoms with van der Waals surface area (Å²) in [6.07, 6.45) is 0. The molecule has 2 N–H and O–H groups in total. The quantitative estimate of drug-likeness (QED) is 0.583. The molecular weight excluding hydrogens is 294 g/mol. The number of benzene rings is 1. The summed E-state index contributed by atoms with van der Waals surface area (Å²) in [5.41, 5.74) is 7.59. The molecule has 1 aromatic carbocycles. The van der Waals surface area contributed by atoms with Gasteiger partial charge in [0.15, 0.2) is 0 Å². The zero-order valence-electron chi connectivity index (χ0n) is 10.8. The van der Waals surface area contributed by atoms with Crippen LogP contribution in [0.5, 0.6) is 0 Å². The largest absolute Gasteiger partial charge is 0.389 e. The maximum Gasteiger partial charge on any atom is 0.270 e. The Bertz CT molecular complexity index is 806. The van der Waals surface area contributed by atoms with Gasteiger partial charge in [0.05, 0.1) is 16.2 Å². The molecule has 0 unspecified atom stereocenters. The average Bonchev–Trinajstić information content (AvgIpc) is 3.06. The maximum atomic E-state index is 10.8. The predicted octanol–water partition coefficient (Wildman–Crippen LogP) is 2.66. The van der Waals surface area contributed by atoms with Crippen LogP contribution >= 0.6 is 11.5 Å². The van der Waals surface area contributed by atoms with Crippen LogP contribution in [0, 0.1) is 17.0 Å². The Morgan fingerprint density at radius 3 is 2.90 bits per heavy atom. The Labute approximate surface area is 122 Å². The van der Waals surface area contributed by atoms with Gasteiger partial charge in [-0.2, -0.15) is 9.36 Å². The number of aromatic nitrogens is 3. The predicted molar refractivity (Wildman–Crippen MR) is 76.6 cm³/mol. The molecule has 0 atom stereocenters. The summed E-state index contributed by atoms with van der Waals surface area (Å²) in [6.45, 7) is 1.79.